The second-order valence-corrected chi connectivity index (χ2v) is 5.67. The van der Waals surface area contributed by atoms with Gasteiger partial charge in [-0.2, -0.15) is 10.2 Å². The van der Waals surface area contributed by atoms with Crippen molar-refractivity contribution in [3.63, 3.8) is 0 Å². The van der Waals surface area contributed by atoms with Crippen molar-refractivity contribution in [2.45, 2.75) is 31.8 Å². The average Bonchev–Trinajstić information content (AvgIpc) is 2.91. The summed E-state index contributed by atoms with van der Waals surface area (Å²) in [7, 11) is 0. The molecule has 0 aromatic carbocycles. The fourth-order valence-corrected chi connectivity index (χ4v) is 2.81. The first-order valence-corrected chi connectivity index (χ1v) is 7.21. The Morgan fingerprint density at radius 1 is 1.50 bits per heavy atom. The number of anilines is 1. The van der Waals surface area contributed by atoms with Crippen molar-refractivity contribution in [1.82, 2.24) is 15.1 Å². The highest BCUT2D eigenvalue weighted by atomic mass is 16.5. The molecular formula is C15H17N5O2. The van der Waals surface area contributed by atoms with Crippen LogP contribution >= 0.6 is 0 Å². The highest BCUT2D eigenvalue weighted by Crippen LogP contribution is 2.28. The molecule has 0 aliphatic carbocycles. The quantitative estimate of drug-likeness (QED) is 0.909. The summed E-state index contributed by atoms with van der Waals surface area (Å²) in [5.74, 6) is 1.03. The molecule has 7 nitrogen and oxygen atoms in total. The molecule has 1 saturated heterocycles. The Labute approximate surface area is 128 Å². The Balaban J connectivity index is 1.73. The number of hydrogen-bond acceptors (Lipinski definition) is 7. The smallest absolute Gasteiger partial charge is 0.229 e. The Kier molecular flexibility index (Phi) is 3.77. The first kappa shape index (κ1) is 14.5. The maximum atomic E-state index is 10.8. The van der Waals surface area contributed by atoms with Gasteiger partial charge in [0.25, 0.3) is 0 Å². The lowest BCUT2D eigenvalue weighted by molar-refractivity contribution is 0.0193. The zero-order chi connectivity index (χ0) is 15.6. The van der Waals surface area contributed by atoms with Gasteiger partial charge >= 0.3 is 0 Å². The van der Waals surface area contributed by atoms with Crippen molar-refractivity contribution >= 4 is 5.69 Å². The van der Waals surface area contributed by atoms with Gasteiger partial charge in [0, 0.05) is 13.1 Å². The molecule has 1 unspecified atom stereocenters. The number of β-amino-alcohol motifs (C(OH)–C–C–N with tert-alkyl or cyclic N) is 1. The summed E-state index contributed by atoms with van der Waals surface area (Å²) in [5, 5.41) is 23.4. The van der Waals surface area contributed by atoms with Crippen LogP contribution < -0.4 is 4.90 Å². The SMILES string of the molecule is Cc1noc(CC2(O)CCCN(c3ccc(C#N)nc3)C2)n1. The van der Waals surface area contributed by atoms with E-state index in [2.05, 4.69) is 20.0 Å². The van der Waals surface area contributed by atoms with E-state index in [1.807, 2.05) is 12.1 Å². The number of rotatable bonds is 3. The largest absolute Gasteiger partial charge is 0.388 e. The lowest BCUT2D eigenvalue weighted by atomic mass is 9.89. The molecular weight excluding hydrogens is 282 g/mol. The molecule has 0 radical (unpaired) electrons. The molecule has 2 aromatic heterocycles. The maximum absolute atomic E-state index is 10.8. The third kappa shape index (κ3) is 3.07. The van der Waals surface area contributed by atoms with E-state index in [1.54, 1.807) is 19.2 Å². The van der Waals surface area contributed by atoms with Crippen molar-refractivity contribution in [3.8, 4) is 6.07 Å². The molecule has 1 fully saturated rings. The first-order valence-electron chi connectivity index (χ1n) is 7.21. The fourth-order valence-electron chi connectivity index (χ4n) is 2.81. The van der Waals surface area contributed by atoms with Crippen LogP contribution in [-0.2, 0) is 6.42 Å². The van der Waals surface area contributed by atoms with Crippen LogP contribution in [0.15, 0.2) is 22.9 Å². The van der Waals surface area contributed by atoms with E-state index >= 15 is 0 Å². The third-order valence-corrected chi connectivity index (χ3v) is 3.83. The molecule has 7 heteroatoms. The summed E-state index contributed by atoms with van der Waals surface area (Å²) >= 11 is 0. The van der Waals surface area contributed by atoms with Crippen LogP contribution in [0.2, 0.25) is 0 Å². The summed E-state index contributed by atoms with van der Waals surface area (Å²) in [6.45, 7) is 3.08. The number of nitrogens with zero attached hydrogens (tertiary/aromatic N) is 5. The Morgan fingerprint density at radius 3 is 3.00 bits per heavy atom. The van der Waals surface area contributed by atoms with Crippen LogP contribution in [-0.4, -0.2) is 38.9 Å². The molecule has 114 valence electrons. The van der Waals surface area contributed by atoms with Gasteiger partial charge in [-0.25, -0.2) is 4.98 Å². The average molecular weight is 299 g/mol. The van der Waals surface area contributed by atoms with Crippen molar-refractivity contribution in [2.75, 3.05) is 18.0 Å². The van der Waals surface area contributed by atoms with Gasteiger partial charge in [0.15, 0.2) is 5.82 Å². The highest BCUT2D eigenvalue weighted by Gasteiger charge is 2.35. The first-order chi connectivity index (χ1) is 10.6. The number of piperidine rings is 1. The van der Waals surface area contributed by atoms with Crippen LogP contribution in [0.1, 0.15) is 30.3 Å². The monoisotopic (exact) mass is 299 g/mol. The number of hydrogen-bond donors (Lipinski definition) is 1. The lowest BCUT2D eigenvalue weighted by Gasteiger charge is -2.39. The number of aromatic nitrogens is 3. The molecule has 3 heterocycles. The van der Waals surface area contributed by atoms with Crippen molar-refractivity contribution in [1.29, 1.82) is 5.26 Å². The second kappa shape index (κ2) is 5.73. The third-order valence-electron chi connectivity index (χ3n) is 3.83. The zero-order valence-corrected chi connectivity index (χ0v) is 12.4. The van der Waals surface area contributed by atoms with Gasteiger partial charge < -0.3 is 14.5 Å². The lowest BCUT2D eigenvalue weighted by Crippen LogP contribution is -2.49. The Morgan fingerprint density at radius 2 is 2.36 bits per heavy atom. The molecule has 1 N–H and O–H groups in total. The van der Waals surface area contributed by atoms with E-state index in [-0.39, 0.29) is 0 Å². The van der Waals surface area contributed by atoms with Crippen molar-refractivity contribution < 1.29 is 9.63 Å². The van der Waals surface area contributed by atoms with Gasteiger partial charge in [-0.1, -0.05) is 5.16 Å². The molecule has 1 aliphatic rings. The minimum Gasteiger partial charge on any atom is -0.388 e. The van der Waals surface area contributed by atoms with E-state index in [9.17, 15) is 5.11 Å². The number of aliphatic hydroxyl groups is 1. The highest BCUT2D eigenvalue weighted by molar-refractivity contribution is 5.46. The summed E-state index contributed by atoms with van der Waals surface area (Å²) in [5.41, 5.74) is 0.390. The molecule has 2 aromatic rings. The number of aryl methyl sites for hydroxylation is 1. The molecule has 0 bridgehead atoms. The summed E-state index contributed by atoms with van der Waals surface area (Å²) in [4.78, 5) is 10.3. The van der Waals surface area contributed by atoms with Gasteiger partial charge in [-0.15, -0.1) is 0 Å². The van der Waals surface area contributed by atoms with E-state index in [0.29, 0.717) is 36.8 Å². The Bertz CT molecular complexity index is 691. The molecule has 1 atom stereocenters. The maximum Gasteiger partial charge on any atom is 0.229 e. The van der Waals surface area contributed by atoms with Gasteiger partial charge in [0.2, 0.25) is 5.89 Å². The van der Waals surface area contributed by atoms with Crippen LogP contribution in [0.5, 0.6) is 0 Å². The summed E-state index contributed by atoms with van der Waals surface area (Å²) in [6, 6.07) is 5.54. The van der Waals surface area contributed by atoms with Crippen molar-refractivity contribution in [2.24, 2.45) is 0 Å². The predicted octanol–water partition coefficient (Wildman–Crippen LogP) is 1.22. The molecule has 0 saturated carbocycles. The van der Waals surface area contributed by atoms with E-state index in [0.717, 1.165) is 18.7 Å². The normalized spacial score (nSPS) is 21.6. The zero-order valence-electron chi connectivity index (χ0n) is 12.4. The van der Waals surface area contributed by atoms with E-state index in [4.69, 9.17) is 9.78 Å². The molecule has 0 spiro atoms. The molecule has 22 heavy (non-hydrogen) atoms. The van der Waals surface area contributed by atoms with Gasteiger partial charge in [0.1, 0.15) is 11.8 Å². The summed E-state index contributed by atoms with van der Waals surface area (Å²) in [6.07, 6.45) is 3.56. The number of pyridine rings is 1. The van der Waals surface area contributed by atoms with Gasteiger partial charge in [-0.05, 0) is 31.9 Å². The van der Waals surface area contributed by atoms with Crippen molar-refractivity contribution in [3.05, 3.63) is 35.7 Å². The topological polar surface area (TPSA) is 99.1 Å². The van der Waals surface area contributed by atoms with Crippen LogP contribution in [0, 0.1) is 18.3 Å². The fraction of sp³-hybridized carbons (Fsp3) is 0.467. The van der Waals surface area contributed by atoms with Gasteiger partial charge in [0.05, 0.1) is 23.9 Å². The van der Waals surface area contributed by atoms with Gasteiger partial charge in [-0.3, -0.25) is 0 Å². The Hall–Kier alpha value is -2.46. The molecule has 0 amide bonds. The standard InChI is InChI=1S/C15H17N5O2/c1-11-18-14(22-19-11)7-15(21)5-2-6-20(10-15)13-4-3-12(8-16)17-9-13/h3-4,9,21H,2,5-7,10H2,1H3. The predicted molar refractivity (Wildman–Crippen MR) is 78.1 cm³/mol. The van der Waals surface area contributed by atoms with Crippen LogP contribution in [0.3, 0.4) is 0 Å². The van der Waals surface area contributed by atoms with E-state index < -0.39 is 5.60 Å². The summed E-state index contributed by atoms with van der Waals surface area (Å²) < 4.78 is 5.12. The minimum atomic E-state index is -0.898. The minimum absolute atomic E-state index is 0.341. The van der Waals surface area contributed by atoms with Crippen LogP contribution in [0.4, 0.5) is 5.69 Å². The molecule has 1 aliphatic heterocycles. The second-order valence-electron chi connectivity index (χ2n) is 5.67. The van der Waals surface area contributed by atoms with Crippen LogP contribution in [0.25, 0.3) is 0 Å². The van der Waals surface area contributed by atoms with E-state index in [1.165, 1.54) is 0 Å². The molecule has 3 rings (SSSR count). The number of nitriles is 1.